The van der Waals surface area contributed by atoms with Crippen molar-refractivity contribution in [2.45, 2.75) is 13.0 Å². The van der Waals surface area contributed by atoms with E-state index in [1.54, 1.807) is 25.3 Å². The summed E-state index contributed by atoms with van der Waals surface area (Å²) in [6.45, 7) is 5.32. The number of hydrogen-bond acceptors (Lipinski definition) is 3. The summed E-state index contributed by atoms with van der Waals surface area (Å²) in [5, 5.41) is 3.39. The number of nitrogens with one attached hydrogen (secondary N) is 1. The second-order valence-electron chi connectivity index (χ2n) is 6.39. The highest BCUT2D eigenvalue weighted by Crippen LogP contribution is 2.27. The maximum Gasteiger partial charge on any atom is 0.321 e. The number of urea groups is 1. The van der Waals surface area contributed by atoms with Crippen molar-refractivity contribution in [3.8, 4) is 5.75 Å². The molecule has 3 rings (SSSR count). The first kappa shape index (κ1) is 18.5. The van der Waals surface area contributed by atoms with Gasteiger partial charge in [-0.15, -0.1) is 0 Å². The SMILES string of the molecule is COc1ccc(NC(=O)N2CCN(C(C)c3ccccc3)CC2)cc1Cl. The number of benzene rings is 2. The monoisotopic (exact) mass is 373 g/mol. The van der Waals surface area contributed by atoms with E-state index in [9.17, 15) is 4.79 Å². The maximum absolute atomic E-state index is 12.5. The minimum Gasteiger partial charge on any atom is -0.495 e. The van der Waals surface area contributed by atoms with Crippen molar-refractivity contribution in [1.82, 2.24) is 9.80 Å². The fourth-order valence-corrected chi connectivity index (χ4v) is 3.46. The standard InChI is InChI=1S/C20H24ClN3O2/c1-15(16-6-4-3-5-7-16)23-10-12-24(13-11-23)20(25)22-17-8-9-19(26-2)18(21)14-17/h3-9,14-15H,10-13H2,1-2H3,(H,22,25). The smallest absolute Gasteiger partial charge is 0.321 e. The van der Waals surface area contributed by atoms with Gasteiger partial charge in [0.05, 0.1) is 12.1 Å². The van der Waals surface area contributed by atoms with Crippen molar-refractivity contribution in [3.63, 3.8) is 0 Å². The van der Waals surface area contributed by atoms with Crippen molar-refractivity contribution in [2.75, 3.05) is 38.6 Å². The zero-order chi connectivity index (χ0) is 18.5. The number of nitrogens with zero attached hydrogens (tertiary/aromatic N) is 2. The topological polar surface area (TPSA) is 44.8 Å². The molecule has 1 fully saturated rings. The fraction of sp³-hybridized carbons (Fsp3) is 0.350. The molecular formula is C20H24ClN3O2. The molecule has 1 N–H and O–H groups in total. The van der Waals surface area contributed by atoms with Crippen molar-refractivity contribution < 1.29 is 9.53 Å². The van der Waals surface area contributed by atoms with Crippen molar-refractivity contribution in [1.29, 1.82) is 0 Å². The minimum atomic E-state index is -0.0988. The Morgan fingerprint density at radius 1 is 1.12 bits per heavy atom. The van der Waals surface area contributed by atoms with E-state index in [0.717, 1.165) is 13.1 Å². The first-order valence-electron chi connectivity index (χ1n) is 8.77. The Morgan fingerprint density at radius 3 is 2.42 bits per heavy atom. The van der Waals surface area contributed by atoms with Crippen LogP contribution in [0, 0.1) is 0 Å². The largest absolute Gasteiger partial charge is 0.495 e. The van der Waals surface area contributed by atoms with Gasteiger partial charge in [0.2, 0.25) is 0 Å². The molecule has 1 heterocycles. The number of hydrogen-bond donors (Lipinski definition) is 1. The molecule has 1 aliphatic heterocycles. The average Bonchev–Trinajstić information content (AvgIpc) is 2.68. The number of ether oxygens (including phenoxy) is 1. The summed E-state index contributed by atoms with van der Waals surface area (Å²) < 4.78 is 5.13. The molecule has 1 saturated heterocycles. The molecule has 5 nitrogen and oxygen atoms in total. The van der Waals surface area contributed by atoms with Crippen molar-refractivity contribution in [2.24, 2.45) is 0 Å². The number of amides is 2. The highest BCUT2D eigenvalue weighted by atomic mass is 35.5. The first-order chi connectivity index (χ1) is 12.6. The van der Waals surface area contributed by atoms with Gasteiger partial charge < -0.3 is 15.0 Å². The van der Waals surface area contributed by atoms with Crippen LogP contribution >= 0.6 is 11.6 Å². The molecule has 138 valence electrons. The molecule has 2 amide bonds. The van der Waals surface area contributed by atoms with Crippen LogP contribution < -0.4 is 10.1 Å². The molecule has 1 atom stereocenters. The van der Waals surface area contributed by atoms with Crippen molar-refractivity contribution in [3.05, 3.63) is 59.1 Å². The number of methoxy groups -OCH3 is 1. The van der Waals surface area contributed by atoms with Gasteiger partial charge in [-0.05, 0) is 30.7 Å². The van der Waals surface area contributed by atoms with Crippen LogP contribution in [0.4, 0.5) is 10.5 Å². The van der Waals surface area contributed by atoms with Crippen LogP contribution in [0.1, 0.15) is 18.5 Å². The predicted molar refractivity (Wildman–Crippen MR) is 105 cm³/mol. The lowest BCUT2D eigenvalue weighted by atomic mass is 10.1. The van der Waals surface area contributed by atoms with E-state index in [1.807, 2.05) is 11.0 Å². The summed E-state index contributed by atoms with van der Waals surface area (Å²) in [6.07, 6.45) is 0. The quantitative estimate of drug-likeness (QED) is 0.870. The highest BCUT2D eigenvalue weighted by Gasteiger charge is 2.24. The van der Waals surface area contributed by atoms with E-state index in [0.29, 0.717) is 35.6 Å². The van der Waals surface area contributed by atoms with Gasteiger partial charge in [-0.25, -0.2) is 4.79 Å². The lowest BCUT2D eigenvalue weighted by molar-refractivity contribution is 0.119. The molecular weight excluding hydrogens is 350 g/mol. The normalized spacial score (nSPS) is 16.2. The molecule has 0 radical (unpaired) electrons. The van der Waals surface area contributed by atoms with E-state index in [4.69, 9.17) is 16.3 Å². The third-order valence-corrected chi connectivity index (χ3v) is 5.13. The molecule has 0 bridgehead atoms. The predicted octanol–water partition coefficient (Wildman–Crippen LogP) is 4.26. The van der Waals surface area contributed by atoms with Gasteiger partial charge in [-0.3, -0.25) is 4.90 Å². The maximum atomic E-state index is 12.5. The average molecular weight is 374 g/mol. The summed E-state index contributed by atoms with van der Waals surface area (Å²) in [5.41, 5.74) is 1.97. The van der Waals surface area contributed by atoms with Gasteiger partial charge in [-0.2, -0.15) is 0 Å². The molecule has 0 aliphatic carbocycles. The Labute approximate surface area is 159 Å². The Balaban J connectivity index is 1.54. The van der Waals surface area contributed by atoms with Gasteiger partial charge in [-0.1, -0.05) is 41.9 Å². The van der Waals surface area contributed by atoms with Crippen LogP contribution in [-0.2, 0) is 0 Å². The van der Waals surface area contributed by atoms with Gasteiger partial charge >= 0.3 is 6.03 Å². The second kappa shape index (κ2) is 8.43. The highest BCUT2D eigenvalue weighted by molar-refractivity contribution is 6.32. The summed E-state index contributed by atoms with van der Waals surface area (Å²) >= 11 is 6.11. The number of piperazine rings is 1. The Bertz CT molecular complexity index is 746. The minimum absolute atomic E-state index is 0.0988. The zero-order valence-corrected chi connectivity index (χ0v) is 15.9. The molecule has 26 heavy (non-hydrogen) atoms. The summed E-state index contributed by atoms with van der Waals surface area (Å²) in [6, 6.07) is 15.9. The molecule has 1 aliphatic rings. The van der Waals surface area contributed by atoms with E-state index >= 15 is 0 Å². The molecule has 2 aromatic rings. The second-order valence-corrected chi connectivity index (χ2v) is 6.80. The third kappa shape index (κ3) is 4.29. The zero-order valence-electron chi connectivity index (χ0n) is 15.1. The number of carbonyl (C=O) groups is 1. The van der Waals surface area contributed by atoms with Crippen LogP contribution in [0.3, 0.4) is 0 Å². The number of carbonyl (C=O) groups excluding carboxylic acids is 1. The van der Waals surface area contributed by atoms with Gasteiger partial charge in [0.15, 0.2) is 0 Å². The van der Waals surface area contributed by atoms with Gasteiger partial charge in [0.25, 0.3) is 0 Å². The van der Waals surface area contributed by atoms with Crippen LogP contribution in [0.15, 0.2) is 48.5 Å². The Kier molecular flexibility index (Phi) is 6.01. The van der Waals surface area contributed by atoms with E-state index in [2.05, 4.69) is 41.4 Å². The lowest BCUT2D eigenvalue weighted by Gasteiger charge is -2.38. The van der Waals surface area contributed by atoms with Crippen LogP contribution in [0.5, 0.6) is 5.75 Å². The number of rotatable bonds is 4. The van der Waals surface area contributed by atoms with Gasteiger partial charge in [0.1, 0.15) is 5.75 Å². The summed E-state index contributed by atoms with van der Waals surface area (Å²) in [7, 11) is 1.56. The molecule has 6 heteroatoms. The van der Waals surface area contributed by atoms with E-state index in [1.165, 1.54) is 5.56 Å². The molecule has 0 saturated carbocycles. The Morgan fingerprint density at radius 2 is 1.81 bits per heavy atom. The van der Waals surface area contributed by atoms with E-state index in [-0.39, 0.29) is 6.03 Å². The molecule has 2 aromatic carbocycles. The van der Waals surface area contributed by atoms with E-state index < -0.39 is 0 Å². The summed E-state index contributed by atoms with van der Waals surface area (Å²) in [5.74, 6) is 0.591. The third-order valence-electron chi connectivity index (χ3n) is 4.83. The molecule has 0 spiro atoms. The van der Waals surface area contributed by atoms with Gasteiger partial charge in [0, 0.05) is 37.9 Å². The number of anilines is 1. The van der Waals surface area contributed by atoms with Crippen LogP contribution in [0.25, 0.3) is 0 Å². The Hall–Kier alpha value is -2.24. The summed E-state index contributed by atoms with van der Waals surface area (Å²) in [4.78, 5) is 16.7. The first-order valence-corrected chi connectivity index (χ1v) is 9.14. The molecule has 0 aromatic heterocycles. The number of halogens is 1. The molecule has 1 unspecified atom stereocenters. The lowest BCUT2D eigenvalue weighted by Crippen LogP contribution is -2.50. The fourth-order valence-electron chi connectivity index (χ4n) is 3.20. The van der Waals surface area contributed by atoms with Crippen molar-refractivity contribution >= 4 is 23.3 Å². The van der Waals surface area contributed by atoms with Crippen LogP contribution in [0.2, 0.25) is 5.02 Å². The van der Waals surface area contributed by atoms with Crippen LogP contribution in [-0.4, -0.2) is 49.1 Å².